The molecule has 0 atom stereocenters. The van der Waals surface area contributed by atoms with Gasteiger partial charge in [0.15, 0.2) is 17.2 Å². The number of rotatable bonds is 6. The van der Waals surface area contributed by atoms with E-state index in [1.807, 2.05) is 6.07 Å². The summed E-state index contributed by atoms with van der Waals surface area (Å²) in [7, 11) is 4.40. The Labute approximate surface area is 144 Å². The second-order valence-corrected chi connectivity index (χ2v) is 4.90. The van der Waals surface area contributed by atoms with Crippen molar-refractivity contribution in [2.45, 2.75) is 0 Å². The van der Waals surface area contributed by atoms with Gasteiger partial charge in [0.1, 0.15) is 0 Å². The average Bonchev–Trinajstić information content (AvgIpc) is 2.64. The fourth-order valence-electron chi connectivity index (χ4n) is 2.40. The van der Waals surface area contributed by atoms with Crippen LogP contribution in [-0.4, -0.2) is 26.3 Å². The minimum absolute atomic E-state index is 0.150. The van der Waals surface area contributed by atoms with Crippen molar-refractivity contribution >= 4 is 11.3 Å². The summed E-state index contributed by atoms with van der Waals surface area (Å²) in [5, 5.41) is 20.4. The molecule has 0 heterocycles. The van der Waals surface area contributed by atoms with Crippen LogP contribution < -0.4 is 14.2 Å². The lowest BCUT2D eigenvalue weighted by Gasteiger charge is -2.12. The van der Waals surface area contributed by atoms with Crippen molar-refractivity contribution in [3.63, 3.8) is 0 Å². The van der Waals surface area contributed by atoms with E-state index in [4.69, 9.17) is 19.5 Å². The number of nitriles is 1. The molecule has 2 aromatic carbocycles. The van der Waals surface area contributed by atoms with Crippen LogP contribution in [0.5, 0.6) is 17.2 Å². The van der Waals surface area contributed by atoms with Gasteiger partial charge in [0.2, 0.25) is 0 Å². The summed E-state index contributed by atoms with van der Waals surface area (Å²) in [6.07, 6.45) is 1.33. The van der Waals surface area contributed by atoms with E-state index >= 15 is 0 Å². The molecule has 0 aromatic heterocycles. The van der Waals surface area contributed by atoms with Gasteiger partial charge in [-0.3, -0.25) is 10.1 Å². The maximum absolute atomic E-state index is 11.2. The molecule has 0 bridgehead atoms. The van der Waals surface area contributed by atoms with E-state index in [1.54, 1.807) is 24.3 Å². The van der Waals surface area contributed by atoms with Crippen molar-refractivity contribution in [3.8, 4) is 23.3 Å². The summed E-state index contributed by atoms with van der Waals surface area (Å²) in [5.41, 5.74) is 1.53. The predicted molar refractivity (Wildman–Crippen MR) is 91.9 cm³/mol. The van der Waals surface area contributed by atoms with Crippen LogP contribution >= 0.6 is 0 Å². The van der Waals surface area contributed by atoms with Gasteiger partial charge >= 0.3 is 5.69 Å². The fraction of sp³-hybridized carbons (Fsp3) is 0.167. The first-order chi connectivity index (χ1) is 12.0. The number of nitro groups is 1. The fourth-order valence-corrected chi connectivity index (χ4v) is 2.40. The molecular formula is C18H16N2O5. The SMILES string of the molecule is COc1ccc(/C(=C\C#N)c2ccc(OC)c([N+](=O)[O-])c2)cc1OC. The van der Waals surface area contributed by atoms with Crippen molar-refractivity contribution in [3.05, 3.63) is 63.7 Å². The Morgan fingerprint density at radius 2 is 1.56 bits per heavy atom. The molecule has 0 spiro atoms. The highest BCUT2D eigenvalue weighted by molar-refractivity contribution is 5.83. The van der Waals surface area contributed by atoms with Gasteiger partial charge in [-0.15, -0.1) is 0 Å². The van der Waals surface area contributed by atoms with Crippen LogP contribution in [0.25, 0.3) is 5.57 Å². The third-order valence-electron chi connectivity index (χ3n) is 3.59. The van der Waals surface area contributed by atoms with Crippen LogP contribution in [0.2, 0.25) is 0 Å². The zero-order valence-electron chi connectivity index (χ0n) is 14.0. The first kappa shape index (κ1) is 17.8. The molecule has 2 aromatic rings. The highest BCUT2D eigenvalue weighted by atomic mass is 16.6. The minimum Gasteiger partial charge on any atom is -0.493 e. The molecule has 0 radical (unpaired) electrons. The third-order valence-corrected chi connectivity index (χ3v) is 3.59. The normalized spacial score (nSPS) is 10.7. The lowest BCUT2D eigenvalue weighted by molar-refractivity contribution is -0.385. The van der Waals surface area contributed by atoms with Gasteiger partial charge in [-0.25, -0.2) is 0 Å². The highest BCUT2D eigenvalue weighted by Gasteiger charge is 2.18. The summed E-state index contributed by atoms with van der Waals surface area (Å²) in [6.45, 7) is 0. The first-order valence-electron chi connectivity index (χ1n) is 7.20. The number of nitro benzene ring substituents is 1. The third kappa shape index (κ3) is 3.70. The summed E-state index contributed by atoms with van der Waals surface area (Å²) >= 11 is 0. The van der Waals surface area contributed by atoms with E-state index in [2.05, 4.69) is 0 Å². The largest absolute Gasteiger partial charge is 0.493 e. The van der Waals surface area contributed by atoms with Gasteiger partial charge < -0.3 is 14.2 Å². The topological polar surface area (TPSA) is 94.6 Å². The smallest absolute Gasteiger partial charge is 0.311 e. The van der Waals surface area contributed by atoms with Crippen LogP contribution in [0.4, 0.5) is 5.69 Å². The van der Waals surface area contributed by atoms with Gasteiger partial charge in [-0.05, 0) is 34.9 Å². The molecule has 0 aliphatic rings. The van der Waals surface area contributed by atoms with E-state index in [0.29, 0.717) is 28.2 Å². The van der Waals surface area contributed by atoms with E-state index in [0.717, 1.165) is 0 Å². The summed E-state index contributed by atoms with van der Waals surface area (Å²) in [4.78, 5) is 10.7. The lowest BCUT2D eigenvalue weighted by Crippen LogP contribution is -1.97. The maximum atomic E-state index is 11.2. The minimum atomic E-state index is -0.527. The van der Waals surface area contributed by atoms with E-state index in [9.17, 15) is 10.1 Å². The van der Waals surface area contributed by atoms with Crippen LogP contribution in [0, 0.1) is 21.4 Å². The lowest BCUT2D eigenvalue weighted by atomic mass is 9.96. The number of allylic oxidation sites excluding steroid dienone is 1. The second kappa shape index (κ2) is 7.84. The maximum Gasteiger partial charge on any atom is 0.311 e. The van der Waals surface area contributed by atoms with Crippen LogP contribution in [0.1, 0.15) is 11.1 Å². The molecule has 0 fully saturated rings. The summed E-state index contributed by atoms with van der Waals surface area (Å²) < 4.78 is 15.5. The molecule has 0 saturated heterocycles. The van der Waals surface area contributed by atoms with Gasteiger partial charge in [0.05, 0.1) is 32.3 Å². The first-order valence-corrected chi connectivity index (χ1v) is 7.20. The summed E-state index contributed by atoms with van der Waals surface area (Å²) in [5.74, 6) is 1.19. The Bertz CT molecular complexity index is 868. The molecule has 0 aliphatic carbocycles. The number of benzene rings is 2. The molecule has 0 amide bonds. The van der Waals surface area contributed by atoms with Gasteiger partial charge in [0, 0.05) is 12.1 Å². The van der Waals surface area contributed by atoms with Crippen molar-refractivity contribution in [1.29, 1.82) is 5.26 Å². The zero-order chi connectivity index (χ0) is 18.4. The number of hydrogen-bond donors (Lipinski definition) is 0. The van der Waals surface area contributed by atoms with Crippen LogP contribution in [-0.2, 0) is 0 Å². The molecule has 7 nitrogen and oxygen atoms in total. The summed E-state index contributed by atoms with van der Waals surface area (Å²) in [6, 6.07) is 11.7. The highest BCUT2D eigenvalue weighted by Crippen LogP contribution is 2.36. The Morgan fingerprint density at radius 3 is 2.08 bits per heavy atom. The van der Waals surface area contributed by atoms with Crippen LogP contribution in [0.15, 0.2) is 42.5 Å². The number of hydrogen-bond acceptors (Lipinski definition) is 6. The van der Waals surface area contributed by atoms with Gasteiger partial charge in [0.25, 0.3) is 0 Å². The van der Waals surface area contributed by atoms with Crippen LogP contribution in [0.3, 0.4) is 0 Å². The van der Waals surface area contributed by atoms with Crippen molar-refractivity contribution in [2.75, 3.05) is 21.3 Å². The average molecular weight is 340 g/mol. The molecule has 25 heavy (non-hydrogen) atoms. The van der Waals surface area contributed by atoms with Gasteiger partial charge in [-0.1, -0.05) is 12.1 Å². The van der Waals surface area contributed by atoms with Crippen molar-refractivity contribution in [1.82, 2.24) is 0 Å². The Kier molecular flexibility index (Phi) is 5.58. The van der Waals surface area contributed by atoms with Gasteiger partial charge in [-0.2, -0.15) is 5.26 Å². The van der Waals surface area contributed by atoms with E-state index in [1.165, 1.54) is 39.5 Å². The van der Waals surface area contributed by atoms with E-state index < -0.39 is 4.92 Å². The molecule has 7 heteroatoms. The zero-order valence-corrected chi connectivity index (χ0v) is 14.0. The Balaban J connectivity index is 2.61. The predicted octanol–water partition coefficient (Wildman–Crippen LogP) is 3.58. The Morgan fingerprint density at radius 1 is 1.00 bits per heavy atom. The van der Waals surface area contributed by atoms with Crippen molar-refractivity contribution in [2.24, 2.45) is 0 Å². The number of ether oxygens (including phenoxy) is 3. The number of methoxy groups -OCH3 is 3. The molecular weight excluding hydrogens is 324 g/mol. The molecule has 0 N–H and O–H groups in total. The molecule has 2 rings (SSSR count). The molecule has 0 saturated carbocycles. The van der Waals surface area contributed by atoms with Crippen molar-refractivity contribution < 1.29 is 19.1 Å². The quantitative estimate of drug-likeness (QED) is 0.453. The molecule has 128 valence electrons. The second-order valence-electron chi connectivity index (χ2n) is 4.90. The molecule has 0 unspecified atom stereocenters. The molecule has 0 aliphatic heterocycles. The standard InChI is InChI=1S/C18H16N2O5/c1-23-16-6-4-12(10-15(16)20(21)22)14(8-9-19)13-5-7-17(24-2)18(11-13)25-3/h4-8,10-11H,1-3H3/b14-8-. The monoisotopic (exact) mass is 340 g/mol. The Hall–Kier alpha value is -3.53. The van der Waals surface area contributed by atoms with E-state index in [-0.39, 0.29) is 11.4 Å². The number of nitrogens with zero attached hydrogens (tertiary/aromatic N) is 2.